The largest absolute Gasteiger partial charge is 0.462 e. The van der Waals surface area contributed by atoms with Crippen molar-refractivity contribution in [3.8, 4) is 0 Å². The zero-order valence-corrected chi connectivity index (χ0v) is 44.8. The van der Waals surface area contributed by atoms with Crippen LogP contribution >= 0.6 is 0 Å². The van der Waals surface area contributed by atoms with E-state index in [9.17, 15) is 55.2 Å². The fraction of sp³-hybridized carbons (Fsp3) is 0.679. The number of amides is 2. The molecule has 418 valence electrons. The lowest BCUT2D eigenvalue weighted by Gasteiger charge is -2.46. The number of fused-ring (bicyclic) bond motifs is 4. The Morgan fingerprint density at radius 3 is 1.97 bits per heavy atom. The van der Waals surface area contributed by atoms with Crippen molar-refractivity contribution in [2.24, 2.45) is 11.8 Å². The number of carbonyl (C=O) groups is 3. The first-order valence-corrected chi connectivity index (χ1v) is 29.4. The SMILES string of the molecule is CO[C@]12C[C@@H](O)C[C@@H](O)[C@H](O)CC[C@@H](O)C[C@@H](O)CC(=O)O[C@@H](C)[C@H](C)[C@H](O)[C@@H](C)/C=C/C=C/C=C/C=C/C=C/C=C/C=C/[C@H](O[C@@H]3OC[C@@H](O)[C@H](NC(=O)OCC[Si](C)(C)C)[C@@H]3O)C[C@H](O1)[C@@H]1NC(=O)O[C@H]1C2. The first-order valence-electron chi connectivity index (χ1n) is 25.7. The number of alkyl carbamates (subject to hydrolysis) is 2. The summed E-state index contributed by atoms with van der Waals surface area (Å²) in [5.74, 6) is -3.02. The highest BCUT2D eigenvalue weighted by Crippen LogP contribution is 2.40. The van der Waals surface area contributed by atoms with E-state index in [-0.39, 0.29) is 64.1 Å². The van der Waals surface area contributed by atoms with Crippen LogP contribution in [-0.2, 0) is 38.0 Å². The first kappa shape index (κ1) is 62.5. The number of allylic oxidation sites excluding steroid dienone is 12. The van der Waals surface area contributed by atoms with Gasteiger partial charge in [0.25, 0.3) is 0 Å². The molecule has 74 heavy (non-hydrogen) atoms. The predicted molar refractivity (Wildman–Crippen MR) is 276 cm³/mol. The average molecular weight is 1070 g/mol. The second kappa shape index (κ2) is 30.6. The Bertz CT molecular complexity index is 1960. The number of carbonyl (C=O) groups excluding carboxylic acids is 3. The van der Waals surface area contributed by atoms with Gasteiger partial charge in [-0.15, -0.1) is 0 Å². The minimum Gasteiger partial charge on any atom is -0.462 e. The summed E-state index contributed by atoms with van der Waals surface area (Å²) in [5, 5.41) is 93.0. The van der Waals surface area contributed by atoms with E-state index < -0.39 is 136 Å². The highest BCUT2D eigenvalue weighted by Gasteiger charge is 2.54. The average Bonchev–Trinajstić information content (AvgIpc) is 3.71. The van der Waals surface area contributed by atoms with E-state index in [1.165, 1.54) is 7.11 Å². The van der Waals surface area contributed by atoms with Crippen LogP contribution in [0.2, 0.25) is 25.7 Å². The molecule has 0 unspecified atom stereocenters. The van der Waals surface area contributed by atoms with Crippen molar-refractivity contribution in [3.05, 3.63) is 85.1 Å². The molecule has 10 N–H and O–H groups in total. The lowest BCUT2D eigenvalue weighted by molar-refractivity contribution is -0.304. The van der Waals surface area contributed by atoms with Crippen LogP contribution in [0.4, 0.5) is 9.59 Å². The molecule has 18 atom stereocenters. The van der Waals surface area contributed by atoms with Gasteiger partial charge in [0.1, 0.15) is 24.4 Å². The minimum atomic E-state index is -1.59. The number of cyclic esters (lactones) is 1. The van der Waals surface area contributed by atoms with Crippen molar-refractivity contribution in [2.45, 2.75) is 195 Å². The van der Waals surface area contributed by atoms with E-state index in [0.717, 1.165) is 0 Å². The quantitative estimate of drug-likeness (QED) is 0.0991. The minimum absolute atomic E-state index is 0.0175. The van der Waals surface area contributed by atoms with E-state index >= 15 is 0 Å². The molecule has 4 heterocycles. The van der Waals surface area contributed by atoms with E-state index in [2.05, 4.69) is 30.3 Å². The van der Waals surface area contributed by atoms with Crippen molar-refractivity contribution in [2.75, 3.05) is 20.3 Å². The Hall–Kier alpha value is -4.07. The smallest absolute Gasteiger partial charge is 0.407 e. The van der Waals surface area contributed by atoms with Crippen molar-refractivity contribution in [3.63, 3.8) is 0 Å². The van der Waals surface area contributed by atoms with Gasteiger partial charge in [-0.2, -0.15) is 0 Å². The maximum atomic E-state index is 12.8. The molecule has 4 aliphatic heterocycles. The summed E-state index contributed by atoms with van der Waals surface area (Å²) in [6.45, 7) is 11.5. The molecule has 0 spiro atoms. The monoisotopic (exact) mass is 1060 g/mol. The van der Waals surface area contributed by atoms with Gasteiger partial charge in [0, 0.05) is 52.7 Å². The van der Waals surface area contributed by atoms with Crippen molar-refractivity contribution in [1.29, 1.82) is 0 Å². The summed E-state index contributed by atoms with van der Waals surface area (Å²) in [6.07, 6.45) is 7.07. The maximum Gasteiger partial charge on any atom is 0.407 e. The van der Waals surface area contributed by atoms with Gasteiger partial charge >= 0.3 is 18.2 Å². The first-order chi connectivity index (χ1) is 35.0. The lowest BCUT2D eigenvalue weighted by Crippen LogP contribution is -2.62. The van der Waals surface area contributed by atoms with Crippen molar-refractivity contribution >= 4 is 26.2 Å². The van der Waals surface area contributed by atoms with Crippen LogP contribution in [-0.4, -0.2) is 185 Å². The number of hydrogen-bond donors (Lipinski definition) is 10. The molecule has 0 aromatic carbocycles. The number of esters is 1. The van der Waals surface area contributed by atoms with E-state index in [1.54, 1.807) is 44.2 Å². The van der Waals surface area contributed by atoms with Crippen LogP contribution < -0.4 is 10.6 Å². The fourth-order valence-electron chi connectivity index (χ4n) is 8.97. The summed E-state index contributed by atoms with van der Waals surface area (Å²) in [4.78, 5) is 38.2. The molecular formula is C53H84N2O18Si. The number of hydrogen-bond acceptors (Lipinski definition) is 18. The molecule has 3 fully saturated rings. The number of nitrogens with one attached hydrogen (secondary N) is 2. The van der Waals surface area contributed by atoms with Gasteiger partial charge in [0.05, 0.1) is 80.5 Å². The van der Waals surface area contributed by atoms with Crippen molar-refractivity contribution in [1.82, 2.24) is 10.6 Å². The van der Waals surface area contributed by atoms with Gasteiger partial charge in [-0.25, -0.2) is 9.59 Å². The van der Waals surface area contributed by atoms with E-state index in [1.807, 2.05) is 61.6 Å². The highest BCUT2D eigenvalue weighted by molar-refractivity contribution is 6.76. The third-order valence-corrected chi connectivity index (χ3v) is 15.3. The standard InChI is InChI=1S/C53H84N2O18Si/c1-33-20-18-16-14-12-10-8-9-11-13-15-17-19-21-39(71-50-49(64)46(42(61)32-69-50)54-51(65)68-24-25-74(5,6)7)29-43-47-44(72-52(66)55-47)31-53(67-4,73-43)30-38(58)27-41(60)40(59)23-22-36(56)26-37(57)28-45(62)70-35(3)34(2)48(33)63/h8-21,33-44,46-50,56-61,63-64H,22-32H2,1-7H3,(H,54,65)(H,55,66)/b9-8+,12-10+,13-11+,16-14+,17-15+,20-18+,21-19+/t33-,34-,35-,36+,37+,38-,39-,40+,41+,42+,43-,44-,46-,47-,48+,49-,50-,53+/m0/s1. The summed E-state index contributed by atoms with van der Waals surface area (Å²) in [6, 6.07) is -1.23. The molecule has 4 rings (SSSR count). The molecule has 2 bridgehead atoms. The second-order valence-electron chi connectivity index (χ2n) is 21.0. The van der Waals surface area contributed by atoms with Gasteiger partial charge in [0.15, 0.2) is 12.1 Å². The summed E-state index contributed by atoms with van der Waals surface area (Å²) in [5.41, 5.74) is 0. The molecule has 0 radical (unpaired) electrons. The van der Waals surface area contributed by atoms with Crippen LogP contribution in [0.15, 0.2) is 85.1 Å². The highest BCUT2D eigenvalue weighted by atomic mass is 28.3. The summed E-state index contributed by atoms with van der Waals surface area (Å²) < 4.78 is 41.2. The van der Waals surface area contributed by atoms with Gasteiger partial charge in [-0.05, 0) is 32.2 Å². The molecule has 2 amide bonds. The molecule has 0 saturated carbocycles. The Morgan fingerprint density at radius 2 is 1.35 bits per heavy atom. The van der Waals surface area contributed by atoms with Crippen molar-refractivity contribution < 1.29 is 88.4 Å². The Kier molecular flexibility index (Phi) is 25.8. The predicted octanol–water partition coefficient (Wildman–Crippen LogP) is 3.50. The number of rotatable bonds is 7. The Balaban J connectivity index is 1.57. The van der Waals surface area contributed by atoms with E-state index in [4.69, 9.17) is 33.2 Å². The third kappa shape index (κ3) is 21.2. The number of methoxy groups -OCH3 is 1. The zero-order chi connectivity index (χ0) is 54.6. The van der Waals surface area contributed by atoms with E-state index in [0.29, 0.717) is 6.04 Å². The number of aliphatic hydroxyl groups is 8. The van der Waals surface area contributed by atoms with Crippen LogP contribution in [0, 0.1) is 11.8 Å². The molecule has 21 heteroatoms. The van der Waals surface area contributed by atoms with Gasteiger partial charge in [-0.3, -0.25) is 4.79 Å². The van der Waals surface area contributed by atoms with Gasteiger partial charge in [0.2, 0.25) is 0 Å². The van der Waals surface area contributed by atoms with Crippen LogP contribution in [0.25, 0.3) is 0 Å². The normalized spacial score (nSPS) is 41.1. The van der Waals surface area contributed by atoms with Crippen LogP contribution in [0.3, 0.4) is 0 Å². The number of ether oxygens (including phenoxy) is 7. The summed E-state index contributed by atoms with van der Waals surface area (Å²) in [7, 11) is -0.167. The van der Waals surface area contributed by atoms with Crippen LogP contribution in [0.5, 0.6) is 0 Å². The molecule has 0 aromatic heterocycles. The Labute approximate surface area is 436 Å². The molecule has 4 aliphatic rings. The fourth-order valence-corrected chi connectivity index (χ4v) is 9.68. The Morgan fingerprint density at radius 1 is 0.730 bits per heavy atom. The van der Waals surface area contributed by atoms with Gasteiger partial charge < -0.3 is 84.6 Å². The zero-order valence-electron chi connectivity index (χ0n) is 43.8. The molecule has 0 aromatic rings. The molecular weight excluding hydrogens is 981 g/mol. The lowest BCUT2D eigenvalue weighted by atomic mass is 9.87. The maximum absolute atomic E-state index is 12.8. The second-order valence-corrected chi connectivity index (χ2v) is 26.6. The molecule has 20 nitrogen and oxygen atoms in total. The molecule has 0 aliphatic carbocycles. The number of aliphatic hydroxyl groups excluding tert-OH is 8. The summed E-state index contributed by atoms with van der Waals surface area (Å²) >= 11 is 0. The van der Waals surface area contributed by atoms with Crippen LogP contribution in [0.1, 0.15) is 72.1 Å². The van der Waals surface area contributed by atoms with Gasteiger partial charge in [-0.1, -0.05) is 119 Å². The third-order valence-electron chi connectivity index (χ3n) is 13.6. The molecule has 3 saturated heterocycles. The topological polar surface area (TPSA) is 302 Å².